The molecule has 7 nitrogen and oxygen atoms in total. The Balaban J connectivity index is 1.63. The lowest BCUT2D eigenvalue weighted by Crippen LogP contribution is -2.12. The molecule has 0 radical (unpaired) electrons. The van der Waals surface area contributed by atoms with Crippen LogP contribution in [0.5, 0.6) is 11.5 Å². The van der Waals surface area contributed by atoms with E-state index in [0.717, 1.165) is 16.9 Å². The van der Waals surface area contributed by atoms with Crippen LogP contribution in [0.3, 0.4) is 0 Å². The van der Waals surface area contributed by atoms with Gasteiger partial charge in [-0.15, -0.1) is 5.10 Å². The van der Waals surface area contributed by atoms with E-state index in [2.05, 4.69) is 10.1 Å². The average molecular weight is 441 g/mol. The number of aromatic nitrogens is 3. The Morgan fingerprint density at radius 2 is 1.74 bits per heavy atom. The predicted molar refractivity (Wildman–Crippen MR) is 104 cm³/mol. The largest absolute Gasteiger partial charge is 0.457 e. The molecule has 2 aromatic heterocycles. The average Bonchev–Trinajstić information content (AvgIpc) is 3.19. The van der Waals surface area contributed by atoms with Gasteiger partial charge in [0.15, 0.2) is 0 Å². The first-order valence-corrected chi connectivity index (χ1v) is 10.5. The van der Waals surface area contributed by atoms with Crippen LogP contribution >= 0.6 is 34.5 Å². The first-order chi connectivity index (χ1) is 12.8. The second-order valence-electron chi connectivity index (χ2n) is 5.45. The fourth-order valence-electron chi connectivity index (χ4n) is 2.36. The first kappa shape index (κ1) is 18.2. The van der Waals surface area contributed by atoms with Crippen molar-refractivity contribution in [2.24, 2.45) is 5.14 Å². The smallest absolute Gasteiger partial charge is 0.267 e. The number of nitrogens with zero attached hydrogens (tertiary/aromatic N) is 3. The fourth-order valence-corrected chi connectivity index (χ4v) is 4.14. The van der Waals surface area contributed by atoms with Crippen LogP contribution in [0.4, 0.5) is 0 Å². The molecule has 0 aliphatic carbocycles. The minimum absolute atomic E-state index is 0.188. The Hall–Kier alpha value is -2.17. The van der Waals surface area contributed by atoms with Crippen LogP contribution in [-0.2, 0) is 10.0 Å². The van der Waals surface area contributed by atoms with Gasteiger partial charge in [0, 0.05) is 11.6 Å². The Morgan fingerprint density at radius 3 is 2.41 bits per heavy atom. The van der Waals surface area contributed by atoms with E-state index >= 15 is 0 Å². The lowest BCUT2D eigenvalue weighted by molar-refractivity contribution is 0.483. The second-order valence-corrected chi connectivity index (χ2v) is 8.96. The van der Waals surface area contributed by atoms with Crippen LogP contribution in [0, 0.1) is 0 Å². The van der Waals surface area contributed by atoms with Crippen molar-refractivity contribution in [3.05, 3.63) is 58.7 Å². The van der Waals surface area contributed by atoms with Crippen molar-refractivity contribution in [2.45, 2.75) is 4.34 Å². The molecule has 0 saturated carbocycles. The number of fused-ring (bicyclic) bond motifs is 1. The molecular weight excluding hydrogens is 431 g/mol. The summed E-state index contributed by atoms with van der Waals surface area (Å²) < 4.78 is 29.9. The molecule has 2 N–H and O–H groups in total. The molecule has 0 bridgehead atoms. The highest BCUT2D eigenvalue weighted by Crippen LogP contribution is 2.31. The third-order valence-corrected chi connectivity index (χ3v) is 6.56. The van der Waals surface area contributed by atoms with E-state index in [4.69, 9.17) is 33.1 Å². The van der Waals surface area contributed by atoms with E-state index in [0.29, 0.717) is 32.2 Å². The lowest BCUT2D eigenvalue weighted by atomic mass is 10.1. The second kappa shape index (κ2) is 6.77. The normalized spacial score (nSPS) is 11.8. The molecule has 4 aromatic rings. The van der Waals surface area contributed by atoms with Crippen molar-refractivity contribution in [1.82, 2.24) is 14.6 Å². The number of halogens is 2. The predicted octanol–water partition coefficient (Wildman–Crippen LogP) is 4.20. The van der Waals surface area contributed by atoms with Crippen molar-refractivity contribution in [3.8, 4) is 22.8 Å². The number of primary sulfonamides is 1. The molecule has 0 amide bonds. The summed E-state index contributed by atoms with van der Waals surface area (Å²) in [6.45, 7) is 0. The number of nitrogens with two attached hydrogens (primary N) is 1. The lowest BCUT2D eigenvalue weighted by Gasteiger charge is -2.07. The standard InChI is InChI=1S/C16H10Cl2N4O3S2/c17-12-6-5-11(7-13(12)18)25-10-3-1-9(2-4-10)14-8-20-15-22(14)21-16(26-15)27(19,23)24/h1-8H,(H2,19,23,24). The molecule has 138 valence electrons. The van der Waals surface area contributed by atoms with E-state index in [1.807, 2.05) is 12.1 Å². The summed E-state index contributed by atoms with van der Waals surface area (Å²) in [5.74, 6) is 1.16. The first-order valence-electron chi connectivity index (χ1n) is 7.42. The molecule has 0 unspecified atom stereocenters. The summed E-state index contributed by atoms with van der Waals surface area (Å²) in [6.07, 6.45) is 1.61. The molecule has 2 heterocycles. The van der Waals surface area contributed by atoms with Gasteiger partial charge in [-0.05, 0) is 36.4 Å². The summed E-state index contributed by atoms with van der Waals surface area (Å²) in [5.41, 5.74) is 1.42. The van der Waals surface area contributed by atoms with Gasteiger partial charge in [-0.1, -0.05) is 34.5 Å². The summed E-state index contributed by atoms with van der Waals surface area (Å²) >= 11 is 12.8. The van der Waals surface area contributed by atoms with Gasteiger partial charge in [0.25, 0.3) is 10.0 Å². The Morgan fingerprint density at radius 1 is 1.04 bits per heavy atom. The fraction of sp³-hybridized carbons (Fsp3) is 0. The van der Waals surface area contributed by atoms with Crippen molar-refractivity contribution in [1.29, 1.82) is 0 Å². The Kier molecular flexibility index (Phi) is 4.57. The highest BCUT2D eigenvalue weighted by molar-refractivity contribution is 7.91. The number of ether oxygens (including phenoxy) is 1. The highest BCUT2D eigenvalue weighted by atomic mass is 35.5. The number of hydrogen-bond acceptors (Lipinski definition) is 6. The molecule has 0 aliphatic rings. The van der Waals surface area contributed by atoms with Gasteiger partial charge in [-0.3, -0.25) is 0 Å². The van der Waals surface area contributed by atoms with E-state index < -0.39 is 10.0 Å². The summed E-state index contributed by atoms with van der Waals surface area (Å²) in [6, 6.07) is 12.2. The number of hydrogen-bond donors (Lipinski definition) is 1. The van der Waals surface area contributed by atoms with Gasteiger partial charge in [0.2, 0.25) is 9.30 Å². The van der Waals surface area contributed by atoms with Crippen molar-refractivity contribution >= 4 is 49.5 Å². The molecule has 0 atom stereocenters. The van der Waals surface area contributed by atoms with Gasteiger partial charge < -0.3 is 4.74 Å². The van der Waals surface area contributed by atoms with Crippen LogP contribution in [-0.4, -0.2) is 23.0 Å². The van der Waals surface area contributed by atoms with Gasteiger partial charge in [0.05, 0.1) is 21.9 Å². The molecule has 0 fully saturated rings. The summed E-state index contributed by atoms with van der Waals surface area (Å²) in [4.78, 5) is 4.61. The summed E-state index contributed by atoms with van der Waals surface area (Å²) in [7, 11) is -3.88. The van der Waals surface area contributed by atoms with Crippen LogP contribution < -0.4 is 9.88 Å². The van der Waals surface area contributed by atoms with E-state index in [1.54, 1.807) is 36.5 Å². The van der Waals surface area contributed by atoms with Crippen molar-refractivity contribution in [2.75, 3.05) is 0 Å². The van der Waals surface area contributed by atoms with Crippen LogP contribution in [0.2, 0.25) is 10.0 Å². The Bertz CT molecular complexity index is 1250. The third-order valence-electron chi connectivity index (χ3n) is 3.59. The minimum atomic E-state index is -3.88. The molecule has 27 heavy (non-hydrogen) atoms. The van der Waals surface area contributed by atoms with Gasteiger partial charge >= 0.3 is 0 Å². The third kappa shape index (κ3) is 3.64. The molecular formula is C16H10Cl2N4O3S2. The molecule has 11 heteroatoms. The van der Waals surface area contributed by atoms with Crippen molar-refractivity contribution < 1.29 is 13.2 Å². The molecule has 2 aromatic carbocycles. The maximum Gasteiger partial charge on any atom is 0.267 e. The van der Waals surface area contributed by atoms with E-state index in [9.17, 15) is 8.42 Å². The van der Waals surface area contributed by atoms with E-state index in [-0.39, 0.29) is 4.34 Å². The quantitative estimate of drug-likeness (QED) is 0.512. The van der Waals surface area contributed by atoms with Crippen LogP contribution in [0.15, 0.2) is 53.0 Å². The zero-order valence-electron chi connectivity index (χ0n) is 13.3. The zero-order chi connectivity index (χ0) is 19.2. The maximum atomic E-state index is 11.5. The number of benzene rings is 2. The maximum absolute atomic E-state index is 11.5. The minimum Gasteiger partial charge on any atom is -0.457 e. The number of imidazole rings is 1. The van der Waals surface area contributed by atoms with Crippen molar-refractivity contribution in [3.63, 3.8) is 0 Å². The Labute approximate surface area is 168 Å². The van der Waals surface area contributed by atoms with Crippen LogP contribution in [0.1, 0.15) is 0 Å². The number of sulfonamides is 1. The van der Waals surface area contributed by atoms with Gasteiger partial charge in [0.1, 0.15) is 11.5 Å². The monoisotopic (exact) mass is 440 g/mol. The molecule has 0 spiro atoms. The van der Waals surface area contributed by atoms with Gasteiger partial charge in [-0.25, -0.2) is 23.1 Å². The van der Waals surface area contributed by atoms with Gasteiger partial charge in [-0.2, -0.15) is 0 Å². The summed E-state index contributed by atoms with van der Waals surface area (Å²) in [5, 5.41) is 10.0. The molecule has 0 saturated heterocycles. The SMILES string of the molecule is NS(=O)(=O)c1nn2c(-c3ccc(Oc4ccc(Cl)c(Cl)c4)cc3)cnc2s1. The zero-order valence-corrected chi connectivity index (χ0v) is 16.5. The van der Waals surface area contributed by atoms with Crippen LogP contribution in [0.25, 0.3) is 16.2 Å². The van der Waals surface area contributed by atoms with E-state index in [1.165, 1.54) is 4.52 Å². The molecule has 4 rings (SSSR count). The molecule has 0 aliphatic heterocycles. The number of rotatable bonds is 4. The topological polar surface area (TPSA) is 99.6 Å². The highest BCUT2D eigenvalue weighted by Gasteiger charge is 2.18.